The fourth-order valence-electron chi connectivity index (χ4n) is 2.17. The highest BCUT2D eigenvalue weighted by molar-refractivity contribution is 5.43. The molecule has 3 nitrogen and oxygen atoms in total. The molecule has 0 fully saturated rings. The van der Waals surface area contributed by atoms with E-state index in [0.29, 0.717) is 29.8 Å². The fraction of sp³-hybridized carbons (Fsp3) is 0.706. The van der Waals surface area contributed by atoms with Crippen LogP contribution < -0.4 is 10.2 Å². The van der Waals surface area contributed by atoms with Crippen molar-refractivity contribution in [2.45, 2.75) is 47.1 Å². The molecule has 1 aromatic heterocycles. The maximum Gasteiger partial charge on any atom is 0.170 e. The fourth-order valence-corrected chi connectivity index (χ4v) is 2.17. The van der Waals surface area contributed by atoms with Gasteiger partial charge in [-0.3, -0.25) is 0 Å². The van der Waals surface area contributed by atoms with Gasteiger partial charge in [-0.05, 0) is 37.8 Å². The summed E-state index contributed by atoms with van der Waals surface area (Å²) in [4.78, 5) is 6.41. The van der Waals surface area contributed by atoms with Gasteiger partial charge in [-0.25, -0.2) is 9.37 Å². The first kappa shape index (κ1) is 17.9. The van der Waals surface area contributed by atoms with Crippen molar-refractivity contribution in [3.05, 3.63) is 23.6 Å². The molecular formula is C17H30FN3. The normalized spacial score (nSPS) is 11.4. The van der Waals surface area contributed by atoms with Gasteiger partial charge in [-0.15, -0.1) is 0 Å². The van der Waals surface area contributed by atoms with Crippen LogP contribution in [-0.4, -0.2) is 25.1 Å². The van der Waals surface area contributed by atoms with Crippen molar-refractivity contribution in [1.82, 2.24) is 10.3 Å². The van der Waals surface area contributed by atoms with E-state index in [9.17, 15) is 4.39 Å². The molecule has 0 aliphatic heterocycles. The molecule has 0 aromatic carbocycles. The summed E-state index contributed by atoms with van der Waals surface area (Å²) in [5.41, 5.74) is 0.682. The van der Waals surface area contributed by atoms with E-state index in [1.807, 2.05) is 7.05 Å². The third-order valence-electron chi connectivity index (χ3n) is 3.57. The van der Waals surface area contributed by atoms with Gasteiger partial charge in [0.05, 0.1) is 0 Å². The third-order valence-corrected chi connectivity index (χ3v) is 3.57. The molecule has 0 aliphatic rings. The van der Waals surface area contributed by atoms with Crippen molar-refractivity contribution in [3.63, 3.8) is 0 Å². The van der Waals surface area contributed by atoms with Crippen LogP contribution in [0.4, 0.5) is 10.2 Å². The van der Waals surface area contributed by atoms with E-state index >= 15 is 0 Å². The first-order valence-electron chi connectivity index (χ1n) is 7.98. The zero-order valence-corrected chi connectivity index (χ0v) is 14.1. The minimum Gasteiger partial charge on any atom is -0.354 e. The predicted octanol–water partition coefficient (Wildman–Crippen LogP) is 3.84. The highest BCUT2D eigenvalue weighted by Crippen LogP contribution is 2.21. The van der Waals surface area contributed by atoms with Crippen LogP contribution in [0, 0.1) is 17.7 Å². The number of hydrogen-bond acceptors (Lipinski definition) is 3. The van der Waals surface area contributed by atoms with Crippen molar-refractivity contribution in [1.29, 1.82) is 0 Å². The molecule has 1 N–H and O–H groups in total. The molecular weight excluding hydrogens is 265 g/mol. The molecule has 1 heterocycles. The van der Waals surface area contributed by atoms with Gasteiger partial charge in [0.2, 0.25) is 0 Å². The number of anilines is 1. The largest absolute Gasteiger partial charge is 0.354 e. The number of hydrogen-bond donors (Lipinski definition) is 1. The quantitative estimate of drug-likeness (QED) is 0.750. The van der Waals surface area contributed by atoms with E-state index in [1.165, 1.54) is 0 Å². The van der Waals surface area contributed by atoms with Gasteiger partial charge in [0.15, 0.2) is 11.6 Å². The number of nitrogens with one attached hydrogen (secondary N) is 1. The van der Waals surface area contributed by atoms with E-state index in [1.54, 1.807) is 12.3 Å². The molecule has 1 rings (SSSR count). The molecule has 21 heavy (non-hydrogen) atoms. The Kier molecular flexibility index (Phi) is 7.65. The summed E-state index contributed by atoms with van der Waals surface area (Å²) in [6.07, 6.45) is 3.81. The lowest BCUT2D eigenvalue weighted by molar-refractivity contribution is 0.519. The lowest BCUT2D eigenvalue weighted by atomic mass is 10.1. The molecule has 0 saturated heterocycles. The van der Waals surface area contributed by atoms with Crippen molar-refractivity contribution >= 4 is 5.82 Å². The zero-order valence-electron chi connectivity index (χ0n) is 14.1. The Morgan fingerprint density at radius 1 is 1.14 bits per heavy atom. The predicted molar refractivity (Wildman–Crippen MR) is 88.1 cm³/mol. The molecule has 0 amide bonds. The Labute approximate surface area is 129 Å². The summed E-state index contributed by atoms with van der Waals surface area (Å²) in [6, 6.07) is 1.75. The average Bonchev–Trinajstić information content (AvgIpc) is 2.41. The van der Waals surface area contributed by atoms with Gasteiger partial charge >= 0.3 is 0 Å². The maximum atomic E-state index is 14.6. The van der Waals surface area contributed by atoms with Gasteiger partial charge in [0.25, 0.3) is 0 Å². The summed E-state index contributed by atoms with van der Waals surface area (Å²) in [5.74, 6) is 1.54. The van der Waals surface area contributed by atoms with Crippen LogP contribution in [0.2, 0.25) is 0 Å². The van der Waals surface area contributed by atoms with E-state index in [2.05, 4.69) is 42.9 Å². The zero-order chi connectivity index (χ0) is 15.8. The van der Waals surface area contributed by atoms with Crippen molar-refractivity contribution < 1.29 is 4.39 Å². The number of nitrogens with zero attached hydrogens (tertiary/aromatic N) is 2. The van der Waals surface area contributed by atoms with E-state index < -0.39 is 0 Å². The molecule has 0 aliphatic carbocycles. The van der Waals surface area contributed by atoms with Gasteiger partial charge in [0, 0.05) is 31.4 Å². The summed E-state index contributed by atoms with van der Waals surface area (Å²) in [7, 11) is 1.83. The topological polar surface area (TPSA) is 28.2 Å². The number of pyridine rings is 1. The van der Waals surface area contributed by atoms with Crippen LogP contribution in [0.15, 0.2) is 12.3 Å². The third kappa shape index (κ3) is 6.00. The van der Waals surface area contributed by atoms with Crippen molar-refractivity contribution in [2.75, 3.05) is 25.0 Å². The highest BCUT2D eigenvalue weighted by atomic mass is 19.1. The van der Waals surface area contributed by atoms with Crippen LogP contribution in [0.25, 0.3) is 0 Å². The Hall–Kier alpha value is -1.16. The van der Waals surface area contributed by atoms with E-state index in [0.717, 1.165) is 25.9 Å². The van der Waals surface area contributed by atoms with Crippen molar-refractivity contribution in [3.8, 4) is 0 Å². The summed E-state index contributed by atoms with van der Waals surface area (Å²) in [5, 5.41) is 3.01. The Balaban J connectivity index is 2.92. The van der Waals surface area contributed by atoms with Gasteiger partial charge in [0.1, 0.15) is 0 Å². The number of halogens is 1. The second-order valence-electron chi connectivity index (χ2n) is 6.49. The lowest BCUT2D eigenvalue weighted by Crippen LogP contribution is -2.29. The minimum absolute atomic E-state index is 0.181. The first-order valence-corrected chi connectivity index (χ1v) is 7.98. The van der Waals surface area contributed by atoms with Gasteiger partial charge in [-0.2, -0.15) is 0 Å². The average molecular weight is 295 g/mol. The monoisotopic (exact) mass is 295 g/mol. The molecule has 0 spiro atoms. The Morgan fingerprint density at radius 3 is 2.19 bits per heavy atom. The van der Waals surface area contributed by atoms with Crippen molar-refractivity contribution in [2.24, 2.45) is 11.8 Å². The molecule has 0 bridgehead atoms. The highest BCUT2D eigenvalue weighted by Gasteiger charge is 2.16. The second kappa shape index (κ2) is 8.98. The summed E-state index contributed by atoms with van der Waals surface area (Å²) < 4.78 is 14.6. The van der Waals surface area contributed by atoms with Crippen LogP contribution in [0.3, 0.4) is 0 Å². The molecule has 0 radical (unpaired) electrons. The van der Waals surface area contributed by atoms with Gasteiger partial charge in [-0.1, -0.05) is 27.7 Å². The smallest absolute Gasteiger partial charge is 0.170 e. The van der Waals surface area contributed by atoms with E-state index in [-0.39, 0.29) is 5.82 Å². The summed E-state index contributed by atoms with van der Waals surface area (Å²) >= 11 is 0. The van der Waals surface area contributed by atoms with Crippen LogP contribution in [-0.2, 0) is 6.54 Å². The molecule has 0 atom stereocenters. The Bertz CT molecular complexity index is 406. The second-order valence-corrected chi connectivity index (χ2v) is 6.49. The van der Waals surface area contributed by atoms with Crippen LogP contribution >= 0.6 is 0 Å². The Morgan fingerprint density at radius 2 is 1.71 bits per heavy atom. The van der Waals surface area contributed by atoms with Crippen LogP contribution in [0.1, 0.15) is 46.1 Å². The molecule has 120 valence electrons. The lowest BCUT2D eigenvalue weighted by Gasteiger charge is -2.26. The molecule has 0 saturated carbocycles. The minimum atomic E-state index is -0.181. The maximum absolute atomic E-state index is 14.6. The molecule has 0 unspecified atom stereocenters. The standard InChI is InChI=1S/C17H30FN3/c1-13(2)7-10-21(11-8-14(3)4)17-16(18)15(12-19-5)6-9-20-17/h6,9,13-14,19H,7-8,10-12H2,1-5H3. The van der Waals surface area contributed by atoms with Gasteiger partial charge < -0.3 is 10.2 Å². The molecule has 1 aromatic rings. The summed E-state index contributed by atoms with van der Waals surface area (Å²) in [6.45, 7) is 11.0. The molecule has 4 heteroatoms. The van der Waals surface area contributed by atoms with E-state index in [4.69, 9.17) is 0 Å². The first-order chi connectivity index (χ1) is 9.95. The van der Waals surface area contributed by atoms with Crippen LogP contribution in [0.5, 0.6) is 0 Å². The SMILES string of the molecule is CNCc1ccnc(N(CCC(C)C)CCC(C)C)c1F. The number of rotatable bonds is 9. The number of aromatic nitrogens is 1.